The third-order valence-corrected chi connectivity index (χ3v) is 2.50. The molecule has 5 nitrogen and oxygen atoms in total. The topological polar surface area (TPSA) is 69.4 Å². The Hall–Kier alpha value is -1.50. The summed E-state index contributed by atoms with van der Waals surface area (Å²) in [4.78, 5) is 21.0. The van der Waals surface area contributed by atoms with Crippen LogP contribution in [0.15, 0.2) is 16.6 Å². The molecule has 0 fully saturated rings. The molecule has 1 aromatic rings. The fourth-order valence-corrected chi connectivity index (χ4v) is 1.41. The molecule has 0 radical (unpaired) electrons. The van der Waals surface area contributed by atoms with Crippen LogP contribution >= 0.6 is 15.9 Å². The molecule has 0 unspecified atom stereocenters. The van der Waals surface area contributed by atoms with Gasteiger partial charge in [-0.15, -0.1) is 0 Å². The van der Waals surface area contributed by atoms with Crippen molar-refractivity contribution in [2.24, 2.45) is 0 Å². The van der Waals surface area contributed by atoms with Gasteiger partial charge in [-0.3, -0.25) is 10.1 Å². The lowest BCUT2D eigenvalue weighted by atomic mass is 10.2. The molecule has 0 saturated carbocycles. The first-order valence-electron chi connectivity index (χ1n) is 4.28. The Morgan fingerprint density at radius 3 is 2.75 bits per heavy atom. The molecule has 7 heteroatoms. The number of hydrogen-bond acceptors (Lipinski definition) is 4. The Morgan fingerprint density at radius 1 is 1.62 bits per heavy atom. The number of nitro benzene ring substituents is 1. The van der Waals surface area contributed by atoms with Gasteiger partial charge in [0.05, 0.1) is 17.1 Å². The molecule has 86 valence electrons. The lowest BCUT2D eigenvalue weighted by Gasteiger charge is -2.03. The number of nitrogens with zero attached hydrogens (tertiary/aromatic N) is 1. The quantitative estimate of drug-likeness (QED) is 0.488. The molecule has 1 rings (SSSR count). The minimum absolute atomic E-state index is 0.115. The van der Waals surface area contributed by atoms with Gasteiger partial charge in [-0.2, -0.15) is 0 Å². The van der Waals surface area contributed by atoms with E-state index in [0.717, 1.165) is 12.1 Å². The summed E-state index contributed by atoms with van der Waals surface area (Å²) >= 11 is 2.73. The van der Waals surface area contributed by atoms with Gasteiger partial charge in [0.1, 0.15) is 10.3 Å². The number of ether oxygens (including phenoxy) is 1. The Balaban J connectivity index is 3.24. The minimum atomic E-state index is -0.878. The van der Waals surface area contributed by atoms with Crippen LogP contribution in [0.3, 0.4) is 0 Å². The van der Waals surface area contributed by atoms with Gasteiger partial charge in [0.25, 0.3) is 5.69 Å². The number of benzene rings is 1. The second-order valence-electron chi connectivity index (χ2n) is 2.77. The van der Waals surface area contributed by atoms with Crippen LogP contribution in [0.1, 0.15) is 17.3 Å². The van der Waals surface area contributed by atoms with Gasteiger partial charge < -0.3 is 4.74 Å². The molecule has 0 aromatic heterocycles. The highest BCUT2D eigenvalue weighted by molar-refractivity contribution is 9.10. The van der Waals surface area contributed by atoms with Crippen LogP contribution < -0.4 is 0 Å². The average Bonchev–Trinajstić information content (AvgIpc) is 2.21. The van der Waals surface area contributed by atoms with Gasteiger partial charge in [-0.25, -0.2) is 9.18 Å². The lowest BCUT2D eigenvalue weighted by Crippen LogP contribution is -2.06. The SMILES string of the molecule is CCOC(=O)c1cc(F)c(Br)c([N+](=O)[O-])c1. The highest BCUT2D eigenvalue weighted by Gasteiger charge is 2.21. The zero-order valence-electron chi connectivity index (χ0n) is 8.20. The number of esters is 1. The van der Waals surface area contributed by atoms with Crippen molar-refractivity contribution in [2.45, 2.75) is 6.92 Å². The minimum Gasteiger partial charge on any atom is -0.462 e. The van der Waals surface area contributed by atoms with E-state index in [1.165, 1.54) is 0 Å². The molecular formula is C9H7BrFNO4. The van der Waals surface area contributed by atoms with Crippen LogP contribution in [0.5, 0.6) is 0 Å². The highest BCUT2D eigenvalue weighted by Crippen LogP contribution is 2.29. The summed E-state index contributed by atoms with van der Waals surface area (Å²) in [5, 5.41) is 10.6. The summed E-state index contributed by atoms with van der Waals surface area (Å²) in [5.74, 6) is -1.67. The first-order valence-corrected chi connectivity index (χ1v) is 5.07. The third-order valence-electron chi connectivity index (χ3n) is 1.72. The van der Waals surface area contributed by atoms with Crippen LogP contribution in [0.25, 0.3) is 0 Å². The molecule has 0 heterocycles. The molecule has 0 aliphatic heterocycles. The smallest absolute Gasteiger partial charge is 0.338 e. The normalized spacial score (nSPS) is 9.94. The van der Waals surface area contributed by atoms with E-state index >= 15 is 0 Å². The summed E-state index contributed by atoms with van der Waals surface area (Å²) < 4.78 is 17.6. The standard InChI is InChI=1S/C9H7BrFNO4/c1-2-16-9(13)5-3-6(11)8(10)7(4-5)12(14)15/h3-4H,2H2,1H3. The van der Waals surface area contributed by atoms with Crippen LogP contribution in [0.4, 0.5) is 10.1 Å². The van der Waals surface area contributed by atoms with Crippen molar-refractivity contribution >= 4 is 27.6 Å². The van der Waals surface area contributed by atoms with E-state index in [0.29, 0.717) is 0 Å². The summed E-state index contributed by atoms with van der Waals surface area (Å²) in [6.45, 7) is 1.70. The number of carbonyl (C=O) groups is 1. The average molecular weight is 292 g/mol. The zero-order valence-corrected chi connectivity index (χ0v) is 9.78. The van der Waals surface area contributed by atoms with Crippen LogP contribution in [0.2, 0.25) is 0 Å². The van der Waals surface area contributed by atoms with Crippen molar-refractivity contribution < 1.29 is 18.8 Å². The molecule has 0 N–H and O–H groups in total. The maximum absolute atomic E-state index is 13.2. The number of halogens is 2. The Labute approximate surface area is 98.5 Å². The van der Waals surface area contributed by atoms with E-state index in [2.05, 4.69) is 20.7 Å². The summed E-state index contributed by atoms with van der Waals surface area (Å²) in [6.07, 6.45) is 0. The molecule has 0 atom stereocenters. The fourth-order valence-electron chi connectivity index (χ4n) is 1.04. The molecule has 0 bridgehead atoms. The number of hydrogen-bond donors (Lipinski definition) is 0. The van der Waals surface area contributed by atoms with Crippen molar-refractivity contribution in [2.75, 3.05) is 6.61 Å². The van der Waals surface area contributed by atoms with Crippen molar-refractivity contribution in [1.82, 2.24) is 0 Å². The maximum Gasteiger partial charge on any atom is 0.338 e. The van der Waals surface area contributed by atoms with E-state index in [-0.39, 0.29) is 16.6 Å². The van der Waals surface area contributed by atoms with Gasteiger partial charge in [-0.05, 0) is 28.9 Å². The van der Waals surface area contributed by atoms with Crippen molar-refractivity contribution in [3.63, 3.8) is 0 Å². The molecule has 1 aromatic carbocycles. The second-order valence-corrected chi connectivity index (χ2v) is 3.56. The van der Waals surface area contributed by atoms with Gasteiger partial charge >= 0.3 is 5.97 Å². The largest absolute Gasteiger partial charge is 0.462 e. The van der Waals surface area contributed by atoms with Gasteiger partial charge in [0.15, 0.2) is 0 Å². The van der Waals surface area contributed by atoms with E-state index < -0.39 is 22.4 Å². The Kier molecular flexibility index (Phi) is 3.94. The molecule has 0 aliphatic carbocycles. The summed E-state index contributed by atoms with van der Waals surface area (Å²) in [7, 11) is 0. The lowest BCUT2D eigenvalue weighted by molar-refractivity contribution is -0.385. The Bertz CT molecular complexity index is 449. The third kappa shape index (κ3) is 2.54. The van der Waals surface area contributed by atoms with Crippen molar-refractivity contribution in [1.29, 1.82) is 0 Å². The van der Waals surface area contributed by atoms with Gasteiger partial charge in [0.2, 0.25) is 0 Å². The predicted octanol–water partition coefficient (Wildman–Crippen LogP) is 2.67. The molecule has 0 saturated heterocycles. The van der Waals surface area contributed by atoms with E-state index in [4.69, 9.17) is 0 Å². The van der Waals surface area contributed by atoms with E-state index in [9.17, 15) is 19.3 Å². The van der Waals surface area contributed by atoms with Gasteiger partial charge in [0, 0.05) is 6.07 Å². The van der Waals surface area contributed by atoms with E-state index in [1.54, 1.807) is 6.92 Å². The highest BCUT2D eigenvalue weighted by atomic mass is 79.9. The van der Waals surface area contributed by atoms with Crippen molar-refractivity contribution in [3.8, 4) is 0 Å². The first-order chi connectivity index (χ1) is 7.47. The van der Waals surface area contributed by atoms with Crippen LogP contribution in [0, 0.1) is 15.9 Å². The molecule has 0 aliphatic rings. The predicted molar refractivity (Wildman–Crippen MR) is 56.7 cm³/mol. The number of carbonyl (C=O) groups excluding carboxylic acids is 1. The van der Waals surface area contributed by atoms with E-state index in [1.807, 2.05) is 0 Å². The monoisotopic (exact) mass is 291 g/mol. The number of nitro groups is 1. The molecule has 0 spiro atoms. The maximum atomic E-state index is 13.2. The number of rotatable bonds is 3. The molecule has 16 heavy (non-hydrogen) atoms. The fraction of sp³-hybridized carbons (Fsp3) is 0.222. The summed E-state index contributed by atoms with van der Waals surface area (Å²) in [6, 6.07) is 1.85. The van der Waals surface area contributed by atoms with Crippen molar-refractivity contribution in [3.05, 3.63) is 38.1 Å². The van der Waals surface area contributed by atoms with Crippen LogP contribution in [-0.2, 0) is 4.74 Å². The first kappa shape index (κ1) is 12.6. The summed E-state index contributed by atoms with van der Waals surface area (Å²) in [5.41, 5.74) is -0.697. The Morgan fingerprint density at radius 2 is 2.25 bits per heavy atom. The second kappa shape index (κ2) is 5.02. The van der Waals surface area contributed by atoms with Crippen LogP contribution in [-0.4, -0.2) is 17.5 Å². The van der Waals surface area contributed by atoms with Gasteiger partial charge in [-0.1, -0.05) is 0 Å². The molecular weight excluding hydrogens is 285 g/mol. The molecule has 0 amide bonds. The zero-order chi connectivity index (χ0) is 12.3.